The van der Waals surface area contributed by atoms with Gasteiger partial charge in [0.05, 0.1) is 0 Å². The second-order valence-corrected chi connectivity index (χ2v) is 4.95. The van der Waals surface area contributed by atoms with Crippen LogP contribution in [-0.4, -0.2) is 16.0 Å². The molecule has 0 N–H and O–H groups in total. The number of aromatic nitrogens is 2. The Hall–Kier alpha value is -1.97. The van der Waals surface area contributed by atoms with Gasteiger partial charge in [0.2, 0.25) is 11.7 Å². The van der Waals surface area contributed by atoms with Crippen LogP contribution in [0.2, 0.25) is 0 Å². The van der Waals surface area contributed by atoms with Crippen LogP contribution in [0.3, 0.4) is 0 Å². The maximum Gasteiger partial charge on any atom is 0.283 e. The summed E-state index contributed by atoms with van der Waals surface area (Å²) < 4.78 is 5.11. The number of aryl methyl sites for hydroxylation is 2. The van der Waals surface area contributed by atoms with E-state index in [9.17, 15) is 4.79 Å². The number of rotatable bonds is 8. The lowest BCUT2D eigenvalue weighted by molar-refractivity contribution is 0.0944. The predicted octanol–water partition coefficient (Wildman–Crippen LogP) is 3.75. The molecular formula is C16H20N2O2. The molecule has 0 atom stereocenters. The Labute approximate surface area is 119 Å². The zero-order chi connectivity index (χ0) is 14.2. The molecule has 20 heavy (non-hydrogen) atoms. The molecule has 0 unspecified atom stereocenters. The smallest absolute Gasteiger partial charge is 0.283 e. The average molecular weight is 272 g/mol. The second kappa shape index (κ2) is 7.58. The molecule has 1 aromatic carbocycles. The molecule has 1 aromatic heterocycles. The summed E-state index contributed by atoms with van der Waals surface area (Å²) in [5.74, 6) is 0.539. The van der Waals surface area contributed by atoms with Crippen LogP contribution >= 0.6 is 0 Å². The summed E-state index contributed by atoms with van der Waals surface area (Å²) in [6.07, 6.45) is 5.86. The molecule has 4 nitrogen and oxygen atoms in total. The Kier molecular flexibility index (Phi) is 5.47. The summed E-state index contributed by atoms with van der Waals surface area (Å²) in [6, 6.07) is 10.5. The first-order valence-electron chi connectivity index (χ1n) is 7.13. The van der Waals surface area contributed by atoms with Gasteiger partial charge in [0.1, 0.15) is 0 Å². The van der Waals surface area contributed by atoms with Gasteiger partial charge in [-0.1, -0.05) is 43.2 Å². The number of carbonyl (C=O) groups excluding carboxylic acids is 1. The van der Waals surface area contributed by atoms with E-state index in [1.165, 1.54) is 5.56 Å². The van der Waals surface area contributed by atoms with Gasteiger partial charge in [0, 0.05) is 13.3 Å². The van der Waals surface area contributed by atoms with Crippen molar-refractivity contribution in [2.75, 3.05) is 0 Å². The Morgan fingerprint density at radius 1 is 1.05 bits per heavy atom. The molecular weight excluding hydrogens is 252 g/mol. The summed E-state index contributed by atoms with van der Waals surface area (Å²) in [7, 11) is 0. The minimum atomic E-state index is -0.0475. The Morgan fingerprint density at radius 3 is 2.50 bits per heavy atom. The molecule has 0 aliphatic rings. The molecule has 0 radical (unpaired) electrons. The zero-order valence-corrected chi connectivity index (χ0v) is 11.8. The van der Waals surface area contributed by atoms with Crippen LogP contribution in [0, 0.1) is 6.92 Å². The van der Waals surface area contributed by atoms with Crippen molar-refractivity contribution in [3.63, 3.8) is 0 Å². The van der Waals surface area contributed by atoms with E-state index >= 15 is 0 Å². The number of hydrogen-bond acceptors (Lipinski definition) is 4. The number of unbranched alkanes of at least 4 members (excludes halogenated alkanes) is 3. The number of benzene rings is 1. The van der Waals surface area contributed by atoms with Crippen molar-refractivity contribution in [1.29, 1.82) is 0 Å². The molecule has 0 saturated carbocycles. The van der Waals surface area contributed by atoms with E-state index in [2.05, 4.69) is 34.5 Å². The van der Waals surface area contributed by atoms with Crippen molar-refractivity contribution in [2.24, 2.45) is 0 Å². The molecule has 106 valence electrons. The average Bonchev–Trinajstić information content (AvgIpc) is 2.90. The molecule has 0 aliphatic carbocycles. The first kappa shape index (κ1) is 14.4. The van der Waals surface area contributed by atoms with Gasteiger partial charge < -0.3 is 4.42 Å². The van der Waals surface area contributed by atoms with Gasteiger partial charge in [-0.15, -0.1) is 10.2 Å². The maximum absolute atomic E-state index is 11.7. The Morgan fingerprint density at radius 2 is 1.80 bits per heavy atom. The highest BCUT2D eigenvalue weighted by atomic mass is 16.4. The highest BCUT2D eigenvalue weighted by Gasteiger charge is 2.12. The van der Waals surface area contributed by atoms with Crippen LogP contribution in [0.15, 0.2) is 34.7 Å². The molecule has 0 fully saturated rings. The highest BCUT2D eigenvalue weighted by Crippen LogP contribution is 2.11. The second-order valence-electron chi connectivity index (χ2n) is 4.95. The number of nitrogens with zero attached hydrogens (tertiary/aromatic N) is 2. The van der Waals surface area contributed by atoms with E-state index in [-0.39, 0.29) is 11.7 Å². The largest absolute Gasteiger partial charge is 0.419 e. The Bertz CT molecular complexity index is 534. The zero-order valence-electron chi connectivity index (χ0n) is 11.8. The molecule has 0 spiro atoms. The number of hydrogen-bond donors (Lipinski definition) is 0. The summed E-state index contributed by atoms with van der Waals surface area (Å²) in [5.41, 5.74) is 1.38. The fourth-order valence-corrected chi connectivity index (χ4v) is 2.13. The summed E-state index contributed by atoms with van der Waals surface area (Å²) in [5, 5.41) is 7.40. The Balaban J connectivity index is 1.57. The monoisotopic (exact) mass is 272 g/mol. The van der Waals surface area contributed by atoms with Gasteiger partial charge in [0.25, 0.3) is 5.89 Å². The lowest BCUT2D eigenvalue weighted by atomic mass is 10.0. The van der Waals surface area contributed by atoms with Gasteiger partial charge in [-0.3, -0.25) is 4.79 Å². The van der Waals surface area contributed by atoms with Gasteiger partial charge in [-0.05, 0) is 24.8 Å². The van der Waals surface area contributed by atoms with E-state index in [0.717, 1.165) is 32.1 Å². The third-order valence-electron chi connectivity index (χ3n) is 3.23. The number of ketones is 1. The van der Waals surface area contributed by atoms with Gasteiger partial charge >= 0.3 is 0 Å². The summed E-state index contributed by atoms with van der Waals surface area (Å²) in [4.78, 5) is 11.7. The van der Waals surface area contributed by atoms with Crippen molar-refractivity contribution in [2.45, 2.75) is 45.4 Å². The van der Waals surface area contributed by atoms with Crippen LogP contribution in [0.5, 0.6) is 0 Å². The lowest BCUT2D eigenvalue weighted by Crippen LogP contribution is -1.99. The van der Waals surface area contributed by atoms with Crippen molar-refractivity contribution in [1.82, 2.24) is 10.2 Å². The van der Waals surface area contributed by atoms with Crippen molar-refractivity contribution in [3.8, 4) is 0 Å². The normalized spacial score (nSPS) is 10.7. The van der Waals surface area contributed by atoms with Gasteiger partial charge in [-0.25, -0.2) is 0 Å². The molecule has 2 aromatic rings. The quantitative estimate of drug-likeness (QED) is 0.542. The fourth-order valence-electron chi connectivity index (χ4n) is 2.13. The van der Waals surface area contributed by atoms with Crippen molar-refractivity contribution < 1.29 is 9.21 Å². The molecule has 1 heterocycles. The fraction of sp³-hybridized carbons (Fsp3) is 0.438. The molecule has 0 bridgehead atoms. The van der Waals surface area contributed by atoms with E-state index in [4.69, 9.17) is 4.42 Å². The molecule has 0 aliphatic heterocycles. The van der Waals surface area contributed by atoms with Crippen LogP contribution < -0.4 is 0 Å². The summed E-state index contributed by atoms with van der Waals surface area (Å²) in [6.45, 7) is 1.69. The maximum atomic E-state index is 11.7. The van der Waals surface area contributed by atoms with Crippen molar-refractivity contribution in [3.05, 3.63) is 47.7 Å². The van der Waals surface area contributed by atoms with Gasteiger partial charge in [-0.2, -0.15) is 0 Å². The third-order valence-corrected chi connectivity index (χ3v) is 3.23. The standard InChI is InChI=1S/C16H20N2O2/c1-13-17-18-16(20-13)15(19)12-8-3-2-5-9-14-10-6-4-7-11-14/h4,6-7,10-11H,2-3,5,8-9,12H2,1H3. The molecule has 4 heteroatoms. The lowest BCUT2D eigenvalue weighted by Gasteiger charge is -2.01. The third kappa shape index (κ3) is 4.61. The number of carbonyl (C=O) groups is 1. The summed E-state index contributed by atoms with van der Waals surface area (Å²) >= 11 is 0. The minimum absolute atomic E-state index is 0.0475. The van der Waals surface area contributed by atoms with Crippen LogP contribution in [0.4, 0.5) is 0 Å². The molecule has 0 amide bonds. The van der Waals surface area contributed by atoms with E-state index in [1.54, 1.807) is 6.92 Å². The molecule has 0 saturated heterocycles. The first-order valence-corrected chi connectivity index (χ1v) is 7.13. The van der Waals surface area contributed by atoms with E-state index < -0.39 is 0 Å². The predicted molar refractivity (Wildman–Crippen MR) is 76.6 cm³/mol. The number of Topliss-reactive ketones (excluding diaryl/α,β-unsaturated/α-hetero) is 1. The van der Waals surface area contributed by atoms with Crippen LogP contribution in [0.1, 0.15) is 54.2 Å². The SMILES string of the molecule is Cc1nnc(C(=O)CCCCCCc2ccccc2)o1. The van der Waals surface area contributed by atoms with Gasteiger partial charge in [0.15, 0.2) is 0 Å². The molecule has 2 rings (SSSR count). The first-order chi connectivity index (χ1) is 9.75. The van der Waals surface area contributed by atoms with E-state index in [0.29, 0.717) is 12.3 Å². The van der Waals surface area contributed by atoms with Crippen LogP contribution in [0.25, 0.3) is 0 Å². The minimum Gasteiger partial charge on any atom is -0.419 e. The van der Waals surface area contributed by atoms with E-state index in [1.807, 2.05) is 6.07 Å². The van der Waals surface area contributed by atoms with Crippen LogP contribution in [-0.2, 0) is 6.42 Å². The topological polar surface area (TPSA) is 56.0 Å². The highest BCUT2D eigenvalue weighted by molar-refractivity contribution is 5.91. The van der Waals surface area contributed by atoms with Crippen molar-refractivity contribution >= 4 is 5.78 Å².